The zero-order valence-corrected chi connectivity index (χ0v) is 12.7. The number of imidazole rings is 1. The molecule has 0 saturated heterocycles. The van der Waals surface area contributed by atoms with Crippen molar-refractivity contribution < 1.29 is 4.79 Å². The third-order valence-corrected chi connectivity index (χ3v) is 4.06. The van der Waals surface area contributed by atoms with E-state index in [4.69, 9.17) is 12.2 Å². The first kappa shape index (κ1) is 12.9. The molecule has 19 heavy (non-hydrogen) atoms. The van der Waals surface area contributed by atoms with E-state index < -0.39 is 0 Å². The SMILES string of the molecule is O=C(CCn1c(=S)[nH]c2ccc(Br)cc21)NC1CC1. The van der Waals surface area contributed by atoms with Gasteiger partial charge in [-0.25, -0.2) is 0 Å². The van der Waals surface area contributed by atoms with Crippen LogP contribution in [-0.4, -0.2) is 21.5 Å². The Morgan fingerprint density at radius 3 is 3.05 bits per heavy atom. The maximum atomic E-state index is 11.7. The van der Waals surface area contributed by atoms with E-state index in [9.17, 15) is 4.79 Å². The summed E-state index contributed by atoms with van der Waals surface area (Å²) in [5.41, 5.74) is 2.02. The molecular formula is C13H14BrN3OS. The number of nitrogens with one attached hydrogen (secondary N) is 2. The number of benzene rings is 1. The van der Waals surface area contributed by atoms with Crippen molar-refractivity contribution >= 4 is 45.1 Å². The van der Waals surface area contributed by atoms with Crippen LogP contribution in [0, 0.1) is 4.77 Å². The Hall–Kier alpha value is -1.14. The predicted molar refractivity (Wildman–Crippen MR) is 80.6 cm³/mol. The number of carbonyl (C=O) groups is 1. The molecule has 4 nitrogen and oxygen atoms in total. The molecule has 1 amide bonds. The van der Waals surface area contributed by atoms with Crippen LogP contribution in [0.2, 0.25) is 0 Å². The Bertz CT molecular complexity index is 687. The zero-order chi connectivity index (χ0) is 13.4. The van der Waals surface area contributed by atoms with Crippen LogP contribution in [0.5, 0.6) is 0 Å². The number of nitrogens with zero attached hydrogens (tertiary/aromatic N) is 1. The molecule has 3 rings (SSSR count). The third-order valence-electron chi connectivity index (χ3n) is 3.24. The van der Waals surface area contributed by atoms with E-state index in [-0.39, 0.29) is 5.91 Å². The van der Waals surface area contributed by atoms with Gasteiger partial charge < -0.3 is 14.9 Å². The number of aromatic nitrogens is 2. The standard InChI is InChI=1S/C13H14BrN3OS/c14-8-1-4-10-11(7-8)17(13(19)16-10)6-5-12(18)15-9-2-3-9/h1,4,7,9H,2-3,5-6H2,(H,15,18)(H,16,19). The molecule has 1 saturated carbocycles. The van der Waals surface area contributed by atoms with Crippen LogP contribution in [0.25, 0.3) is 11.0 Å². The minimum absolute atomic E-state index is 0.105. The minimum atomic E-state index is 0.105. The molecule has 0 atom stereocenters. The summed E-state index contributed by atoms with van der Waals surface area (Å²) in [7, 11) is 0. The number of halogens is 1. The van der Waals surface area contributed by atoms with Crippen molar-refractivity contribution in [3.8, 4) is 0 Å². The predicted octanol–water partition coefficient (Wildman–Crippen LogP) is 3.13. The van der Waals surface area contributed by atoms with Crippen LogP contribution in [-0.2, 0) is 11.3 Å². The average Bonchev–Trinajstić information content (AvgIpc) is 3.11. The van der Waals surface area contributed by atoms with E-state index in [1.165, 1.54) is 0 Å². The number of H-pyrrole nitrogens is 1. The fourth-order valence-corrected chi connectivity index (χ4v) is 2.74. The van der Waals surface area contributed by atoms with Gasteiger partial charge in [0.05, 0.1) is 11.0 Å². The summed E-state index contributed by atoms with van der Waals surface area (Å²) < 4.78 is 3.64. The number of carbonyl (C=O) groups excluding carboxylic acids is 1. The van der Waals surface area contributed by atoms with Gasteiger partial charge in [-0.05, 0) is 43.3 Å². The lowest BCUT2D eigenvalue weighted by Gasteiger charge is -2.05. The zero-order valence-electron chi connectivity index (χ0n) is 10.3. The Kier molecular flexibility index (Phi) is 3.45. The largest absolute Gasteiger partial charge is 0.353 e. The highest BCUT2D eigenvalue weighted by Gasteiger charge is 2.22. The molecule has 1 aliphatic rings. The fourth-order valence-electron chi connectivity index (χ4n) is 2.09. The summed E-state index contributed by atoms with van der Waals surface area (Å²) in [6, 6.07) is 6.38. The average molecular weight is 340 g/mol. The molecule has 1 aliphatic carbocycles. The molecule has 1 heterocycles. The molecule has 0 aliphatic heterocycles. The van der Waals surface area contributed by atoms with Crippen molar-refractivity contribution in [3.05, 3.63) is 27.4 Å². The summed E-state index contributed by atoms with van der Waals surface area (Å²) in [4.78, 5) is 14.9. The van der Waals surface area contributed by atoms with E-state index in [2.05, 4.69) is 26.2 Å². The Labute approximate surface area is 124 Å². The second kappa shape index (κ2) is 5.09. The van der Waals surface area contributed by atoms with Crippen molar-refractivity contribution in [2.45, 2.75) is 31.8 Å². The summed E-state index contributed by atoms with van der Waals surface area (Å²) >= 11 is 8.77. The first-order valence-corrected chi connectivity index (χ1v) is 7.51. The van der Waals surface area contributed by atoms with E-state index in [0.29, 0.717) is 23.8 Å². The van der Waals surface area contributed by atoms with Crippen LogP contribution >= 0.6 is 28.1 Å². The Morgan fingerprint density at radius 2 is 2.32 bits per heavy atom. The molecule has 1 aromatic carbocycles. The Balaban J connectivity index is 1.79. The van der Waals surface area contributed by atoms with Crippen molar-refractivity contribution in [1.29, 1.82) is 0 Å². The van der Waals surface area contributed by atoms with E-state index in [1.807, 2.05) is 22.8 Å². The van der Waals surface area contributed by atoms with Gasteiger partial charge in [0.2, 0.25) is 5.91 Å². The number of fused-ring (bicyclic) bond motifs is 1. The highest BCUT2D eigenvalue weighted by molar-refractivity contribution is 9.10. The number of aryl methyl sites for hydroxylation is 1. The Morgan fingerprint density at radius 1 is 1.53 bits per heavy atom. The molecule has 2 aromatic rings. The van der Waals surface area contributed by atoms with Gasteiger partial charge in [0.15, 0.2) is 4.77 Å². The highest BCUT2D eigenvalue weighted by Crippen LogP contribution is 2.21. The van der Waals surface area contributed by atoms with Crippen molar-refractivity contribution in [2.75, 3.05) is 0 Å². The smallest absolute Gasteiger partial charge is 0.222 e. The molecule has 0 unspecified atom stereocenters. The molecule has 1 fully saturated rings. The summed E-state index contributed by atoms with van der Waals surface area (Å²) in [5.74, 6) is 0.105. The topological polar surface area (TPSA) is 49.8 Å². The molecule has 0 spiro atoms. The number of rotatable bonds is 4. The first-order valence-electron chi connectivity index (χ1n) is 6.31. The number of aromatic amines is 1. The normalized spacial score (nSPS) is 14.8. The third kappa shape index (κ3) is 2.90. The van der Waals surface area contributed by atoms with Gasteiger partial charge >= 0.3 is 0 Å². The molecule has 0 radical (unpaired) electrons. The maximum absolute atomic E-state index is 11.7. The maximum Gasteiger partial charge on any atom is 0.222 e. The van der Waals surface area contributed by atoms with Crippen LogP contribution < -0.4 is 5.32 Å². The minimum Gasteiger partial charge on any atom is -0.353 e. The lowest BCUT2D eigenvalue weighted by Crippen LogP contribution is -2.26. The second-order valence-corrected chi connectivity index (χ2v) is 6.14. The summed E-state index contributed by atoms with van der Waals surface area (Å²) in [6.07, 6.45) is 2.70. The molecule has 0 bridgehead atoms. The molecule has 1 aromatic heterocycles. The second-order valence-electron chi connectivity index (χ2n) is 4.84. The summed E-state index contributed by atoms with van der Waals surface area (Å²) in [5, 5.41) is 2.99. The van der Waals surface area contributed by atoms with Gasteiger partial charge in [-0.1, -0.05) is 15.9 Å². The monoisotopic (exact) mass is 339 g/mol. The van der Waals surface area contributed by atoms with Crippen LogP contribution in [0.3, 0.4) is 0 Å². The van der Waals surface area contributed by atoms with Crippen LogP contribution in [0.15, 0.2) is 22.7 Å². The van der Waals surface area contributed by atoms with Gasteiger partial charge in [0.25, 0.3) is 0 Å². The highest BCUT2D eigenvalue weighted by atomic mass is 79.9. The number of hydrogen-bond acceptors (Lipinski definition) is 2. The first-order chi connectivity index (χ1) is 9.13. The number of amides is 1. The van der Waals surface area contributed by atoms with Crippen LogP contribution in [0.1, 0.15) is 19.3 Å². The lowest BCUT2D eigenvalue weighted by molar-refractivity contribution is -0.121. The quantitative estimate of drug-likeness (QED) is 0.840. The van der Waals surface area contributed by atoms with Gasteiger partial charge in [0, 0.05) is 23.5 Å². The van der Waals surface area contributed by atoms with E-state index in [0.717, 1.165) is 28.3 Å². The summed E-state index contributed by atoms with van der Waals surface area (Å²) in [6.45, 7) is 0.605. The molecule has 6 heteroatoms. The molecular weight excluding hydrogens is 326 g/mol. The van der Waals surface area contributed by atoms with Gasteiger partial charge in [-0.3, -0.25) is 4.79 Å². The fraction of sp³-hybridized carbons (Fsp3) is 0.385. The molecule has 2 N–H and O–H groups in total. The van der Waals surface area contributed by atoms with Gasteiger partial charge in [-0.2, -0.15) is 0 Å². The van der Waals surface area contributed by atoms with Gasteiger partial charge in [0.1, 0.15) is 0 Å². The van der Waals surface area contributed by atoms with Crippen molar-refractivity contribution in [3.63, 3.8) is 0 Å². The lowest BCUT2D eigenvalue weighted by atomic mass is 10.3. The van der Waals surface area contributed by atoms with Gasteiger partial charge in [-0.15, -0.1) is 0 Å². The van der Waals surface area contributed by atoms with Crippen molar-refractivity contribution in [1.82, 2.24) is 14.9 Å². The van der Waals surface area contributed by atoms with E-state index >= 15 is 0 Å². The van der Waals surface area contributed by atoms with E-state index in [1.54, 1.807) is 0 Å². The van der Waals surface area contributed by atoms with Crippen molar-refractivity contribution in [2.24, 2.45) is 0 Å². The molecule has 100 valence electrons. The van der Waals surface area contributed by atoms with Crippen LogP contribution in [0.4, 0.5) is 0 Å². The number of hydrogen-bond donors (Lipinski definition) is 2.